The summed E-state index contributed by atoms with van der Waals surface area (Å²) >= 11 is 0. The molecule has 1 aliphatic carbocycles. The zero-order valence-electron chi connectivity index (χ0n) is 12.6. The van der Waals surface area contributed by atoms with Crippen LogP contribution < -0.4 is 5.63 Å². The van der Waals surface area contributed by atoms with E-state index < -0.39 is 40.7 Å². The normalized spacial score (nSPS) is 16.0. The van der Waals surface area contributed by atoms with Crippen molar-refractivity contribution in [1.29, 1.82) is 0 Å². The Bertz CT molecular complexity index is 983. The number of carboxylic acid groups (broad SMARTS) is 2. The molecule has 0 unspecified atom stereocenters. The fourth-order valence-electron chi connectivity index (χ4n) is 2.84. The van der Waals surface area contributed by atoms with Gasteiger partial charge in [0.15, 0.2) is 11.5 Å². The third-order valence-electron chi connectivity index (χ3n) is 4.02. The van der Waals surface area contributed by atoms with E-state index in [1.165, 1.54) is 24.3 Å². The third kappa shape index (κ3) is 2.85. The lowest BCUT2D eigenvalue weighted by Gasteiger charge is -2.24. The number of benzene rings is 1. The van der Waals surface area contributed by atoms with Gasteiger partial charge < -0.3 is 24.8 Å². The average Bonchev–Trinajstić information content (AvgIpc) is 2.55. The highest BCUT2D eigenvalue weighted by Crippen LogP contribution is 2.41. The number of hydrogen-bond donors (Lipinski definition) is 4. The van der Waals surface area contributed by atoms with Crippen LogP contribution in [0.4, 0.5) is 0 Å². The van der Waals surface area contributed by atoms with Crippen LogP contribution in [0.15, 0.2) is 39.1 Å². The van der Waals surface area contributed by atoms with E-state index in [1.54, 1.807) is 0 Å². The van der Waals surface area contributed by atoms with Crippen LogP contribution in [0.2, 0.25) is 0 Å². The van der Waals surface area contributed by atoms with Gasteiger partial charge in [0, 0.05) is 17.1 Å². The molecule has 0 saturated heterocycles. The van der Waals surface area contributed by atoms with Crippen LogP contribution in [0.3, 0.4) is 0 Å². The number of carboxylic acids is 2. The van der Waals surface area contributed by atoms with Gasteiger partial charge in [-0.15, -0.1) is 0 Å². The second kappa shape index (κ2) is 5.82. The van der Waals surface area contributed by atoms with Crippen molar-refractivity contribution in [2.24, 2.45) is 0 Å². The van der Waals surface area contributed by atoms with Gasteiger partial charge in [0.05, 0.1) is 0 Å². The van der Waals surface area contributed by atoms with Gasteiger partial charge in [-0.3, -0.25) is 0 Å². The number of aromatic hydroxyl groups is 2. The highest BCUT2D eigenvalue weighted by atomic mass is 16.4. The van der Waals surface area contributed by atoms with E-state index in [0.717, 1.165) is 6.07 Å². The molecule has 0 saturated carbocycles. The molecule has 1 atom stereocenters. The fourth-order valence-corrected chi connectivity index (χ4v) is 2.84. The van der Waals surface area contributed by atoms with Gasteiger partial charge in [-0.1, -0.05) is 0 Å². The van der Waals surface area contributed by atoms with Gasteiger partial charge in [0.1, 0.15) is 0 Å². The van der Waals surface area contributed by atoms with Crippen molar-refractivity contribution in [3.63, 3.8) is 0 Å². The van der Waals surface area contributed by atoms with E-state index in [0.29, 0.717) is 11.1 Å². The van der Waals surface area contributed by atoms with Gasteiger partial charge in [0.25, 0.3) is 0 Å². The molecule has 0 aliphatic heterocycles. The van der Waals surface area contributed by atoms with Crippen LogP contribution in [-0.2, 0) is 4.79 Å². The van der Waals surface area contributed by atoms with Crippen LogP contribution in [0.1, 0.15) is 39.6 Å². The third-order valence-corrected chi connectivity index (χ3v) is 4.02. The van der Waals surface area contributed by atoms with Gasteiger partial charge in [0.2, 0.25) is 5.76 Å². The molecule has 2 aromatic rings. The van der Waals surface area contributed by atoms with Crippen LogP contribution in [0, 0.1) is 0 Å². The summed E-state index contributed by atoms with van der Waals surface area (Å²) in [5.74, 6) is -4.73. The van der Waals surface area contributed by atoms with E-state index in [2.05, 4.69) is 0 Å². The summed E-state index contributed by atoms with van der Waals surface area (Å²) in [5.41, 5.74) is -0.0797. The Morgan fingerprint density at radius 1 is 1.00 bits per heavy atom. The summed E-state index contributed by atoms with van der Waals surface area (Å²) < 4.78 is 4.75. The Balaban J connectivity index is 2.19. The SMILES string of the molecule is O=C(O)C1=Cc2cc(O)c(O)cc2[C@H](c2ccc(C(=O)O)oc2=O)C1. The first kappa shape index (κ1) is 16.3. The van der Waals surface area contributed by atoms with Crippen molar-refractivity contribution >= 4 is 18.0 Å². The number of aliphatic carboxylic acids is 1. The molecule has 0 spiro atoms. The average molecular weight is 344 g/mol. The molecular formula is C17H12O8. The highest BCUT2D eigenvalue weighted by Gasteiger charge is 2.29. The van der Waals surface area contributed by atoms with Crippen molar-refractivity contribution in [3.05, 3.63) is 62.7 Å². The number of phenolic OH excluding ortho intramolecular Hbond substituents is 2. The highest BCUT2D eigenvalue weighted by molar-refractivity contribution is 5.94. The molecule has 0 bridgehead atoms. The summed E-state index contributed by atoms with van der Waals surface area (Å²) in [6.07, 6.45) is 1.30. The molecule has 0 radical (unpaired) electrons. The second-order valence-corrected chi connectivity index (χ2v) is 5.55. The van der Waals surface area contributed by atoms with E-state index in [9.17, 15) is 29.7 Å². The molecule has 25 heavy (non-hydrogen) atoms. The monoisotopic (exact) mass is 344 g/mol. The van der Waals surface area contributed by atoms with Crippen LogP contribution in [-0.4, -0.2) is 32.4 Å². The Labute approximate surface area is 139 Å². The van der Waals surface area contributed by atoms with Crippen LogP contribution >= 0.6 is 0 Å². The Morgan fingerprint density at radius 3 is 2.28 bits per heavy atom. The first-order chi connectivity index (χ1) is 11.8. The van der Waals surface area contributed by atoms with Gasteiger partial charge in [-0.05, 0) is 47.9 Å². The molecule has 1 aromatic carbocycles. The molecular weight excluding hydrogens is 332 g/mol. The molecule has 4 N–H and O–H groups in total. The van der Waals surface area contributed by atoms with Crippen LogP contribution in [0.25, 0.3) is 6.08 Å². The molecule has 1 heterocycles. The Morgan fingerprint density at radius 2 is 1.68 bits per heavy atom. The molecule has 1 aromatic heterocycles. The lowest BCUT2D eigenvalue weighted by Crippen LogP contribution is -2.20. The van der Waals surface area contributed by atoms with Gasteiger partial charge in [-0.2, -0.15) is 0 Å². The maximum Gasteiger partial charge on any atom is 0.371 e. The van der Waals surface area contributed by atoms with Crippen molar-refractivity contribution in [1.82, 2.24) is 0 Å². The lowest BCUT2D eigenvalue weighted by atomic mass is 9.79. The zero-order valence-corrected chi connectivity index (χ0v) is 12.6. The summed E-state index contributed by atoms with van der Waals surface area (Å²) in [6, 6.07) is 4.82. The van der Waals surface area contributed by atoms with Crippen molar-refractivity contribution in [2.45, 2.75) is 12.3 Å². The minimum Gasteiger partial charge on any atom is -0.504 e. The van der Waals surface area contributed by atoms with E-state index in [-0.39, 0.29) is 17.6 Å². The smallest absolute Gasteiger partial charge is 0.371 e. The van der Waals surface area contributed by atoms with E-state index in [1.807, 2.05) is 0 Å². The summed E-state index contributed by atoms with van der Waals surface area (Å²) in [5, 5.41) is 37.5. The molecule has 8 heteroatoms. The molecule has 0 fully saturated rings. The first-order valence-electron chi connectivity index (χ1n) is 7.15. The van der Waals surface area contributed by atoms with Crippen molar-refractivity contribution in [3.8, 4) is 11.5 Å². The largest absolute Gasteiger partial charge is 0.504 e. The molecule has 1 aliphatic rings. The quantitative estimate of drug-likeness (QED) is 0.616. The lowest BCUT2D eigenvalue weighted by molar-refractivity contribution is -0.132. The molecule has 128 valence electrons. The number of rotatable bonds is 3. The Kier molecular flexibility index (Phi) is 3.80. The minimum absolute atomic E-state index is 0.00398. The van der Waals surface area contributed by atoms with E-state index >= 15 is 0 Å². The van der Waals surface area contributed by atoms with Crippen molar-refractivity contribution in [2.75, 3.05) is 0 Å². The Hall–Kier alpha value is -3.55. The predicted molar refractivity (Wildman–Crippen MR) is 83.8 cm³/mol. The zero-order chi connectivity index (χ0) is 18.3. The molecule has 0 amide bonds. The summed E-state index contributed by atoms with van der Waals surface area (Å²) in [7, 11) is 0. The molecule has 8 nitrogen and oxygen atoms in total. The first-order valence-corrected chi connectivity index (χ1v) is 7.15. The standard InChI is InChI=1S/C17H12O8/c18-12-5-7-3-8(15(20)21)4-11(10(7)6-13(12)19)9-1-2-14(16(22)23)25-17(9)24/h1-3,5-6,11,18-19H,4H2,(H,20,21)(H,22,23)/t11-/m0/s1. The van der Waals surface area contributed by atoms with E-state index in [4.69, 9.17) is 9.52 Å². The second-order valence-electron chi connectivity index (χ2n) is 5.55. The van der Waals surface area contributed by atoms with Crippen molar-refractivity contribution < 1.29 is 34.4 Å². The maximum absolute atomic E-state index is 12.2. The number of hydrogen-bond acceptors (Lipinski definition) is 6. The molecule has 3 rings (SSSR count). The van der Waals surface area contributed by atoms with Crippen LogP contribution in [0.5, 0.6) is 11.5 Å². The topological polar surface area (TPSA) is 145 Å². The maximum atomic E-state index is 12.2. The fraction of sp³-hybridized carbons (Fsp3) is 0.118. The van der Waals surface area contributed by atoms with Gasteiger partial charge in [-0.25, -0.2) is 14.4 Å². The number of fused-ring (bicyclic) bond motifs is 1. The predicted octanol–water partition coefficient (Wildman–Crippen LogP) is 1.75. The number of phenols is 2. The number of aromatic carboxylic acids is 1. The summed E-state index contributed by atoms with van der Waals surface area (Å²) in [4.78, 5) is 34.4. The minimum atomic E-state index is -1.40. The summed E-state index contributed by atoms with van der Waals surface area (Å²) in [6.45, 7) is 0. The number of carbonyl (C=O) groups is 2. The van der Waals surface area contributed by atoms with Gasteiger partial charge >= 0.3 is 17.6 Å².